The Bertz CT molecular complexity index is 767. The monoisotopic (exact) mass is 339 g/mol. The zero-order valence-electron chi connectivity index (χ0n) is 15.3. The van der Waals surface area contributed by atoms with Gasteiger partial charge in [-0.05, 0) is 38.0 Å². The minimum atomic E-state index is -0.148. The summed E-state index contributed by atoms with van der Waals surface area (Å²) in [6, 6.07) is 12.8. The largest absolute Gasteiger partial charge is 0.385 e. The molecule has 25 heavy (non-hydrogen) atoms. The number of benzene rings is 2. The van der Waals surface area contributed by atoms with Crippen LogP contribution in [0.4, 0.5) is 0 Å². The Morgan fingerprint density at radius 3 is 2.36 bits per heavy atom. The number of rotatable bonds is 7. The van der Waals surface area contributed by atoms with Crippen molar-refractivity contribution in [2.75, 3.05) is 27.3 Å². The number of nitrogens with zero attached hydrogens (tertiary/aromatic N) is 1. The van der Waals surface area contributed by atoms with Crippen molar-refractivity contribution in [2.24, 2.45) is 0 Å². The third kappa shape index (κ3) is 4.54. The van der Waals surface area contributed by atoms with Crippen LogP contribution in [0, 0.1) is 13.8 Å². The molecule has 0 N–H and O–H groups in total. The van der Waals surface area contributed by atoms with Crippen LogP contribution < -0.4 is 0 Å². The quantitative estimate of drug-likeness (QED) is 0.571. The number of aryl methyl sites for hydroxylation is 2. The molecule has 132 valence electrons. The molecule has 0 spiro atoms. The predicted octanol–water partition coefficient (Wildman–Crippen LogP) is 3.64. The molecule has 0 fully saturated rings. The number of amides is 1. The van der Waals surface area contributed by atoms with Crippen molar-refractivity contribution in [3.63, 3.8) is 0 Å². The van der Waals surface area contributed by atoms with Gasteiger partial charge in [0.25, 0.3) is 5.91 Å². The van der Waals surface area contributed by atoms with E-state index in [2.05, 4.69) is 0 Å². The van der Waals surface area contributed by atoms with E-state index in [1.54, 1.807) is 43.3 Å². The van der Waals surface area contributed by atoms with Gasteiger partial charge in [0.15, 0.2) is 5.78 Å². The molecule has 0 aliphatic heterocycles. The molecule has 0 aliphatic rings. The molecule has 0 radical (unpaired) electrons. The highest BCUT2D eigenvalue weighted by Crippen LogP contribution is 2.20. The van der Waals surface area contributed by atoms with Crippen LogP contribution in [-0.2, 0) is 4.74 Å². The first-order valence-corrected chi connectivity index (χ1v) is 8.41. The summed E-state index contributed by atoms with van der Waals surface area (Å²) < 4.78 is 5.03. The van der Waals surface area contributed by atoms with E-state index in [4.69, 9.17) is 4.74 Å². The van der Waals surface area contributed by atoms with Gasteiger partial charge in [-0.15, -0.1) is 0 Å². The van der Waals surface area contributed by atoms with Gasteiger partial charge >= 0.3 is 0 Å². The van der Waals surface area contributed by atoms with Gasteiger partial charge in [0.1, 0.15) is 0 Å². The van der Waals surface area contributed by atoms with Crippen molar-refractivity contribution < 1.29 is 14.3 Å². The molecule has 1 amide bonds. The lowest BCUT2D eigenvalue weighted by Gasteiger charge is -2.19. The normalized spacial score (nSPS) is 10.6. The third-order valence-corrected chi connectivity index (χ3v) is 4.23. The smallest absolute Gasteiger partial charge is 0.254 e. The Hall–Kier alpha value is -2.46. The number of carbonyl (C=O) groups excluding carboxylic acids is 2. The molecule has 0 bridgehead atoms. The number of ketones is 1. The second kappa shape index (κ2) is 8.58. The van der Waals surface area contributed by atoms with Crippen LogP contribution in [-0.4, -0.2) is 43.9 Å². The van der Waals surface area contributed by atoms with Crippen LogP contribution in [0.1, 0.15) is 43.8 Å². The van der Waals surface area contributed by atoms with Gasteiger partial charge in [0.2, 0.25) is 0 Å². The summed E-state index contributed by atoms with van der Waals surface area (Å²) in [5, 5.41) is 0. The fourth-order valence-electron chi connectivity index (χ4n) is 2.75. The van der Waals surface area contributed by atoms with Crippen molar-refractivity contribution in [1.82, 2.24) is 4.90 Å². The zero-order chi connectivity index (χ0) is 18.4. The lowest BCUT2D eigenvalue weighted by Crippen LogP contribution is -2.29. The predicted molar refractivity (Wildman–Crippen MR) is 99.2 cm³/mol. The fraction of sp³-hybridized carbons (Fsp3) is 0.333. The number of hydrogen-bond acceptors (Lipinski definition) is 3. The number of carbonyl (C=O) groups is 2. The lowest BCUT2D eigenvalue weighted by atomic mass is 9.94. The maximum Gasteiger partial charge on any atom is 0.254 e. The summed E-state index contributed by atoms with van der Waals surface area (Å²) in [4.78, 5) is 27.5. The molecule has 0 unspecified atom stereocenters. The number of hydrogen-bond donors (Lipinski definition) is 0. The first-order valence-electron chi connectivity index (χ1n) is 8.41. The second-order valence-electron chi connectivity index (χ2n) is 6.27. The topological polar surface area (TPSA) is 46.6 Å². The molecule has 0 saturated heterocycles. The maximum absolute atomic E-state index is 13.0. The summed E-state index contributed by atoms with van der Waals surface area (Å²) in [7, 11) is 3.39. The van der Waals surface area contributed by atoms with E-state index < -0.39 is 0 Å². The minimum absolute atomic E-state index is 0.115. The molecule has 2 rings (SSSR count). The second-order valence-corrected chi connectivity index (χ2v) is 6.27. The van der Waals surface area contributed by atoms with Crippen LogP contribution in [0.2, 0.25) is 0 Å². The summed E-state index contributed by atoms with van der Waals surface area (Å²) in [6.07, 6.45) is 0.756. The molecule has 4 nitrogen and oxygen atoms in total. The molecular formula is C21H25NO3. The third-order valence-electron chi connectivity index (χ3n) is 4.23. The molecule has 0 aliphatic carbocycles. The Balaban J connectivity index is 2.33. The SMILES string of the molecule is COCCCN(C)C(=O)c1ccccc1C(=O)c1cc(C)ccc1C. The first-order chi connectivity index (χ1) is 12.0. The molecule has 0 saturated carbocycles. The van der Waals surface area contributed by atoms with Crippen LogP contribution in [0.25, 0.3) is 0 Å². The highest BCUT2D eigenvalue weighted by atomic mass is 16.5. The van der Waals surface area contributed by atoms with Crippen LogP contribution in [0.5, 0.6) is 0 Å². The number of methoxy groups -OCH3 is 1. The molecule has 2 aromatic rings. The van der Waals surface area contributed by atoms with E-state index in [9.17, 15) is 9.59 Å². The van der Waals surface area contributed by atoms with Crippen molar-refractivity contribution in [3.05, 3.63) is 70.3 Å². The highest BCUT2D eigenvalue weighted by Gasteiger charge is 2.21. The Morgan fingerprint density at radius 2 is 1.68 bits per heavy atom. The Kier molecular flexibility index (Phi) is 6.48. The molecular weight excluding hydrogens is 314 g/mol. The van der Waals surface area contributed by atoms with Gasteiger partial charge in [-0.1, -0.05) is 35.9 Å². The van der Waals surface area contributed by atoms with Crippen LogP contribution in [0.3, 0.4) is 0 Å². The average Bonchev–Trinajstić information content (AvgIpc) is 2.62. The minimum Gasteiger partial charge on any atom is -0.385 e. The molecule has 4 heteroatoms. The number of ether oxygens (including phenoxy) is 1. The summed E-state index contributed by atoms with van der Waals surface area (Å²) >= 11 is 0. The lowest BCUT2D eigenvalue weighted by molar-refractivity contribution is 0.0774. The van der Waals surface area contributed by atoms with Gasteiger partial charge < -0.3 is 9.64 Å². The summed E-state index contributed by atoms with van der Waals surface area (Å²) in [5.74, 6) is -0.263. The standard InChI is InChI=1S/C21H25NO3/c1-15-10-11-16(2)19(14-15)20(23)17-8-5-6-9-18(17)21(24)22(3)12-7-13-25-4/h5-6,8-11,14H,7,12-13H2,1-4H3. The van der Waals surface area contributed by atoms with Crippen molar-refractivity contribution in [2.45, 2.75) is 20.3 Å². The van der Waals surface area contributed by atoms with E-state index in [0.29, 0.717) is 29.8 Å². The zero-order valence-corrected chi connectivity index (χ0v) is 15.3. The average molecular weight is 339 g/mol. The van der Waals surface area contributed by atoms with E-state index in [0.717, 1.165) is 17.5 Å². The van der Waals surface area contributed by atoms with Crippen LogP contribution in [0.15, 0.2) is 42.5 Å². The van der Waals surface area contributed by atoms with Gasteiger partial charge in [-0.25, -0.2) is 0 Å². The van der Waals surface area contributed by atoms with Gasteiger partial charge in [-0.3, -0.25) is 9.59 Å². The van der Waals surface area contributed by atoms with E-state index >= 15 is 0 Å². The molecule has 0 aromatic heterocycles. The summed E-state index contributed by atoms with van der Waals surface area (Å²) in [6.45, 7) is 5.05. The van der Waals surface area contributed by atoms with Crippen LogP contribution >= 0.6 is 0 Å². The maximum atomic E-state index is 13.0. The van der Waals surface area contributed by atoms with E-state index in [1.165, 1.54) is 0 Å². The highest BCUT2D eigenvalue weighted by molar-refractivity contribution is 6.15. The van der Waals surface area contributed by atoms with Gasteiger partial charge in [0, 0.05) is 38.4 Å². The van der Waals surface area contributed by atoms with E-state index in [-0.39, 0.29) is 11.7 Å². The van der Waals surface area contributed by atoms with Crippen molar-refractivity contribution >= 4 is 11.7 Å². The van der Waals surface area contributed by atoms with E-state index in [1.807, 2.05) is 32.0 Å². The summed E-state index contributed by atoms with van der Waals surface area (Å²) in [5.41, 5.74) is 3.45. The van der Waals surface area contributed by atoms with Crippen molar-refractivity contribution in [1.29, 1.82) is 0 Å². The fourth-order valence-corrected chi connectivity index (χ4v) is 2.75. The molecule has 0 heterocycles. The van der Waals surface area contributed by atoms with Gasteiger partial charge in [-0.2, -0.15) is 0 Å². The first kappa shape index (κ1) is 18.9. The van der Waals surface area contributed by atoms with Gasteiger partial charge in [0.05, 0.1) is 5.56 Å². The Morgan fingerprint density at radius 1 is 1.00 bits per heavy atom. The molecule has 0 atom stereocenters. The Labute approximate surface area is 149 Å². The van der Waals surface area contributed by atoms with Crippen molar-refractivity contribution in [3.8, 4) is 0 Å². The molecule has 2 aromatic carbocycles.